The zero-order valence-corrected chi connectivity index (χ0v) is 43.0. The molecule has 6 N–H and O–H groups in total. The van der Waals surface area contributed by atoms with Crippen molar-refractivity contribution in [1.29, 1.82) is 0 Å². The van der Waals surface area contributed by atoms with E-state index in [-0.39, 0.29) is 22.4 Å². The summed E-state index contributed by atoms with van der Waals surface area (Å²) in [7, 11) is 0.871. The fourth-order valence-corrected chi connectivity index (χ4v) is 9.56. The number of ether oxygens (including phenoxy) is 2. The number of benzene rings is 2. The van der Waals surface area contributed by atoms with Gasteiger partial charge in [-0.25, -0.2) is 33.0 Å². The molecule has 0 saturated carbocycles. The van der Waals surface area contributed by atoms with Crippen LogP contribution in [0.5, 0.6) is 0 Å². The number of rotatable bonds is 18. The molecule has 18 nitrogen and oxygen atoms in total. The van der Waals surface area contributed by atoms with E-state index in [2.05, 4.69) is 47.5 Å². The number of halogens is 7. The van der Waals surface area contributed by atoms with Gasteiger partial charge in [0.2, 0.25) is 5.91 Å². The Balaban J connectivity index is 1.15. The average Bonchev–Trinajstić information content (AvgIpc) is 3.95. The number of methoxy groups -OCH3 is 1. The van der Waals surface area contributed by atoms with Crippen molar-refractivity contribution in [2.75, 3.05) is 44.9 Å². The van der Waals surface area contributed by atoms with Crippen LogP contribution in [0.2, 0.25) is 0 Å². The molecule has 3 fully saturated rings. The molecule has 0 radical (unpaired) electrons. The van der Waals surface area contributed by atoms with Gasteiger partial charge in [-0.05, 0) is 86.6 Å². The summed E-state index contributed by atoms with van der Waals surface area (Å²) in [5.41, 5.74) is -1.36. The van der Waals surface area contributed by atoms with Crippen molar-refractivity contribution in [2.24, 2.45) is 10.8 Å². The predicted octanol–water partition coefficient (Wildman–Crippen LogP) is 5.99. The minimum Gasteiger partial charge on any atom is -0.465 e. The normalized spacial score (nSPS) is 18.6. The number of carbonyl (C=O) groups excluding carboxylic acids is 3. The van der Waals surface area contributed by atoms with Crippen molar-refractivity contribution >= 4 is 29.8 Å². The highest BCUT2D eigenvalue weighted by Crippen LogP contribution is 2.41. The highest BCUT2D eigenvalue weighted by Gasteiger charge is 2.56. The van der Waals surface area contributed by atoms with Crippen LogP contribution >= 0.6 is 0 Å². The number of aliphatic hydroxyl groups is 1. The Morgan fingerprint density at radius 3 is 2.00 bits per heavy atom. The zero-order chi connectivity index (χ0) is 56.1. The lowest BCUT2D eigenvalue weighted by atomic mass is 9.82. The molecule has 4 aromatic rings. The number of anilines is 1. The summed E-state index contributed by atoms with van der Waals surface area (Å²) in [5.74, 6) is 1.96. The third kappa shape index (κ3) is 13.9. The van der Waals surface area contributed by atoms with E-state index >= 15 is 8.78 Å². The van der Waals surface area contributed by atoms with E-state index in [0.29, 0.717) is 48.7 Å². The number of carbonyl (C=O) groups is 4. The molecular weight excluding hydrogens is 1030 g/mol. The monoisotopic (exact) mass is 1090 g/mol. The van der Waals surface area contributed by atoms with Gasteiger partial charge in [0, 0.05) is 72.9 Å². The number of carboxylic acid groups (broad SMARTS) is 1. The molecule has 25 heteroatoms. The lowest BCUT2D eigenvalue weighted by molar-refractivity contribution is -0.220. The van der Waals surface area contributed by atoms with Gasteiger partial charge < -0.3 is 40.5 Å². The Morgan fingerprint density at radius 1 is 0.857 bits per heavy atom. The largest absolute Gasteiger partial charge is 0.465 e. The van der Waals surface area contributed by atoms with Gasteiger partial charge in [-0.3, -0.25) is 19.9 Å². The Hall–Kier alpha value is -7.01. The zero-order valence-electron chi connectivity index (χ0n) is 43.0. The molecule has 77 heavy (non-hydrogen) atoms. The lowest BCUT2D eigenvalue weighted by Crippen LogP contribution is -2.63. The first-order chi connectivity index (χ1) is 36.2. The van der Waals surface area contributed by atoms with Gasteiger partial charge in [-0.2, -0.15) is 27.1 Å². The number of pyridine rings is 1. The molecule has 0 spiro atoms. The minimum atomic E-state index is -5.10. The number of hydrazine groups is 1. The molecule has 416 valence electrons. The summed E-state index contributed by atoms with van der Waals surface area (Å²) < 4.78 is 112. The maximum Gasteiger partial charge on any atom is 0.407 e. The van der Waals surface area contributed by atoms with Crippen LogP contribution in [0, 0.1) is 34.3 Å². The van der Waals surface area contributed by atoms with Crippen molar-refractivity contribution in [3.05, 3.63) is 101 Å². The lowest BCUT2D eigenvalue weighted by Gasteiger charge is -2.47. The van der Waals surface area contributed by atoms with Gasteiger partial charge in [0.15, 0.2) is 0 Å². The summed E-state index contributed by atoms with van der Waals surface area (Å²) in [6.45, 7) is 4.31. The maximum atomic E-state index is 16.0. The van der Waals surface area contributed by atoms with E-state index in [1.807, 2.05) is 17.4 Å². The molecule has 0 aliphatic carbocycles. The molecule has 5 heterocycles. The number of hydrogen-bond acceptors (Lipinski definition) is 12. The number of piperazine rings is 1. The second kappa shape index (κ2) is 23.7. The standard InChI is InChI=1S/C52H61F7N10O8/c1-50(2,3)43(62-48(73)74)46(72)65-67(25-36-37(53)20-32(21-38(36)54)39-17-18-68(64-39)47(55)56)26-41(70)40(61-45(71)44(63-49(75)76-6)51(4,5)52(57,58)59)19-30-10-7-29(8-11-30)9-12-31-13-16-42(60-22-31)66-23-33-14-15-34(24-66)69(33)35-27-77-28-35/h7-8,10-11,13,16-18,20-22,33-35,40-41,43-44,47,62,70H,14-15,19,23-28H2,1-6H3,(H,61,71)(H,63,75)(H,65,72)(H,73,74). The summed E-state index contributed by atoms with van der Waals surface area (Å²) in [4.78, 5) is 61.8. The van der Waals surface area contributed by atoms with Crippen LogP contribution in [0.1, 0.15) is 76.3 Å². The Kier molecular flexibility index (Phi) is 17.8. The Bertz CT molecular complexity index is 2780. The second-order valence-corrected chi connectivity index (χ2v) is 20.9. The van der Waals surface area contributed by atoms with Gasteiger partial charge in [0.1, 0.15) is 29.5 Å². The fraction of sp³-hybridized carbons (Fsp3) is 0.500. The van der Waals surface area contributed by atoms with Crippen LogP contribution in [0.15, 0.2) is 67.0 Å². The number of fused-ring (bicyclic) bond motifs is 2. The number of nitrogens with zero attached hydrogens (tertiary/aromatic N) is 6. The predicted molar refractivity (Wildman–Crippen MR) is 265 cm³/mol. The molecule has 4 amide bonds. The number of nitrogens with one attached hydrogen (secondary N) is 4. The first-order valence-corrected chi connectivity index (χ1v) is 24.7. The first-order valence-electron chi connectivity index (χ1n) is 24.7. The summed E-state index contributed by atoms with van der Waals surface area (Å²) in [6, 6.07) is 8.73. The molecule has 6 atom stereocenters. The molecule has 2 aromatic carbocycles. The molecule has 7 rings (SSSR count). The molecular formula is C52H61F7N10O8. The van der Waals surface area contributed by atoms with Gasteiger partial charge in [0.25, 0.3) is 5.91 Å². The smallest absolute Gasteiger partial charge is 0.407 e. The van der Waals surface area contributed by atoms with Gasteiger partial charge in [-0.15, -0.1) is 0 Å². The highest BCUT2D eigenvalue weighted by molar-refractivity contribution is 5.87. The summed E-state index contributed by atoms with van der Waals surface area (Å²) in [5, 5.41) is 32.5. The quantitative estimate of drug-likeness (QED) is 0.0385. The van der Waals surface area contributed by atoms with Crippen LogP contribution in [0.4, 0.5) is 46.1 Å². The van der Waals surface area contributed by atoms with E-state index in [9.17, 15) is 51.3 Å². The SMILES string of the molecule is COC(=O)NC(C(=O)NC(Cc1ccc(C#Cc2ccc(N3CC4CCC(C3)N4C3COC3)nc2)cc1)C(O)CN(Cc1c(F)cc(-c2ccn(C(F)F)n2)cc1F)NC(=O)C(NC(=O)O)C(C)(C)C)C(C)(C)C(F)(F)F. The van der Waals surface area contributed by atoms with Gasteiger partial charge in [-0.1, -0.05) is 44.7 Å². The van der Waals surface area contributed by atoms with E-state index in [1.54, 1.807) is 30.5 Å². The summed E-state index contributed by atoms with van der Waals surface area (Å²) >= 11 is 0. The number of alkyl halides is 5. The molecule has 6 unspecified atom stereocenters. The van der Waals surface area contributed by atoms with Crippen molar-refractivity contribution in [3.8, 4) is 23.1 Å². The third-order valence-corrected chi connectivity index (χ3v) is 14.0. The number of aliphatic hydroxyl groups excluding tert-OH is 1. The van der Waals surface area contributed by atoms with E-state index < -0.39 is 102 Å². The molecule has 2 bridgehead atoms. The number of alkyl carbamates (subject to hydrolysis) is 1. The van der Waals surface area contributed by atoms with Crippen molar-refractivity contribution in [1.82, 2.24) is 46.0 Å². The molecule has 3 aliphatic heterocycles. The maximum absolute atomic E-state index is 16.0. The van der Waals surface area contributed by atoms with Crippen LogP contribution in [-0.2, 0) is 32.0 Å². The van der Waals surface area contributed by atoms with E-state index in [4.69, 9.17) is 9.72 Å². The third-order valence-electron chi connectivity index (χ3n) is 14.0. The van der Waals surface area contributed by atoms with Crippen molar-refractivity contribution in [3.63, 3.8) is 0 Å². The fourth-order valence-electron chi connectivity index (χ4n) is 9.56. The van der Waals surface area contributed by atoms with E-state index in [0.717, 1.165) is 81.5 Å². The Morgan fingerprint density at radius 2 is 1.48 bits per heavy atom. The first kappa shape index (κ1) is 57.7. The van der Waals surface area contributed by atoms with Gasteiger partial charge in [0.05, 0.1) is 49.6 Å². The average molecular weight is 1090 g/mol. The minimum absolute atomic E-state index is 0.218. The van der Waals surface area contributed by atoms with E-state index in [1.165, 1.54) is 20.8 Å². The van der Waals surface area contributed by atoms with Crippen LogP contribution in [-0.4, -0.2) is 147 Å². The molecule has 3 saturated heterocycles. The molecule has 3 aliphatic rings. The Labute approximate surface area is 439 Å². The number of aromatic nitrogens is 3. The van der Waals surface area contributed by atoms with Crippen LogP contribution in [0.25, 0.3) is 11.3 Å². The van der Waals surface area contributed by atoms with Crippen LogP contribution < -0.4 is 26.3 Å². The van der Waals surface area contributed by atoms with Crippen LogP contribution in [0.3, 0.4) is 0 Å². The molecule has 2 aromatic heterocycles. The highest BCUT2D eigenvalue weighted by atomic mass is 19.4. The van der Waals surface area contributed by atoms with Gasteiger partial charge >= 0.3 is 24.9 Å². The topological polar surface area (TPSA) is 216 Å². The number of hydrogen-bond donors (Lipinski definition) is 6. The summed E-state index contributed by atoms with van der Waals surface area (Å²) in [6.07, 6.45) is -5.54. The van der Waals surface area contributed by atoms with Crippen molar-refractivity contribution < 1.29 is 69.6 Å². The number of amides is 4. The van der Waals surface area contributed by atoms with Crippen molar-refractivity contribution in [2.45, 2.75) is 116 Å². The second-order valence-electron chi connectivity index (χ2n) is 20.9.